The SMILES string of the molecule is CCNC(CC1CC1)C12CC3CC(CC(C)(C3)C1)C2. The van der Waals surface area contributed by atoms with E-state index in [4.69, 9.17) is 0 Å². The zero-order valence-electron chi connectivity index (χ0n) is 12.9. The summed E-state index contributed by atoms with van der Waals surface area (Å²) in [5, 5.41) is 3.93. The van der Waals surface area contributed by atoms with Gasteiger partial charge in [-0.25, -0.2) is 0 Å². The first-order valence-electron chi connectivity index (χ1n) is 8.84. The van der Waals surface area contributed by atoms with Crippen LogP contribution in [0.5, 0.6) is 0 Å². The van der Waals surface area contributed by atoms with Gasteiger partial charge in [-0.05, 0) is 80.1 Å². The molecule has 1 nitrogen and oxygen atoms in total. The van der Waals surface area contributed by atoms with Gasteiger partial charge >= 0.3 is 0 Å². The molecule has 1 heteroatoms. The van der Waals surface area contributed by atoms with Crippen LogP contribution in [0.1, 0.15) is 71.6 Å². The zero-order chi connectivity index (χ0) is 13.1. The van der Waals surface area contributed by atoms with Crippen molar-refractivity contribution in [2.24, 2.45) is 28.6 Å². The summed E-state index contributed by atoms with van der Waals surface area (Å²) < 4.78 is 0. The van der Waals surface area contributed by atoms with Crippen LogP contribution >= 0.6 is 0 Å². The lowest BCUT2D eigenvalue weighted by Crippen LogP contribution is -2.58. The highest BCUT2D eigenvalue weighted by atomic mass is 14.9. The molecule has 5 aliphatic rings. The van der Waals surface area contributed by atoms with Crippen molar-refractivity contribution in [3.05, 3.63) is 0 Å². The molecule has 1 N–H and O–H groups in total. The molecule has 4 bridgehead atoms. The summed E-state index contributed by atoms with van der Waals surface area (Å²) in [7, 11) is 0. The molecule has 0 amide bonds. The van der Waals surface area contributed by atoms with Crippen molar-refractivity contribution in [3.63, 3.8) is 0 Å². The highest BCUT2D eigenvalue weighted by Crippen LogP contribution is 2.66. The highest BCUT2D eigenvalue weighted by molar-refractivity contribution is 5.10. The fraction of sp³-hybridized carbons (Fsp3) is 1.00. The molecule has 0 heterocycles. The van der Waals surface area contributed by atoms with Gasteiger partial charge in [0.05, 0.1) is 0 Å². The smallest absolute Gasteiger partial charge is 0.0126 e. The molecule has 5 aliphatic carbocycles. The predicted molar refractivity (Wildman–Crippen MR) is 80.0 cm³/mol. The highest BCUT2D eigenvalue weighted by Gasteiger charge is 2.58. The Kier molecular flexibility index (Phi) is 2.82. The molecule has 19 heavy (non-hydrogen) atoms. The first-order valence-corrected chi connectivity index (χ1v) is 8.84. The molecule has 108 valence electrons. The quantitative estimate of drug-likeness (QED) is 0.775. The first-order chi connectivity index (χ1) is 9.11. The zero-order valence-corrected chi connectivity index (χ0v) is 12.9. The van der Waals surface area contributed by atoms with Gasteiger partial charge in [0.25, 0.3) is 0 Å². The van der Waals surface area contributed by atoms with Gasteiger partial charge in [-0.3, -0.25) is 0 Å². The Hall–Kier alpha value is -0.0400. The minimum absolute atomic E-state index is 0.692. The molecule has 0 aliphatic heterocycles. The summed E-state index contributed by atoms with van der Waals surface area (Å²) in [6.07, 6.45) is 13.8. The third-order valence-electron chi connectivity index (χ3n) is 6.85. The molecule has 3 atom stereocenters. The van der Waals surface area contributed by atoms with Crippen molar-refractivity contribution in [1.82, 2.24) is 5.32 Å². The van der Waals surface area contributed by atoms with Gasteiger partial charge in [0, 0.05) is 6.04 Å². The fourth-order valence-electron chi connectivity index (χ4n) is 6.69. The summed E-state index contributed by atoms with van der Waals surface area (Å²) >= 11 is 0. The van der Waals surface area contributed by atoms with Gasteiger partial charge in [-0.2, -0.15) is 0 Å². The van der Waals surface area contributed by atoms with Crippen LogP contribution in [0.4, 0.5) is 0 Å². The van der Waals surface area contributed by atoms with Gasteiger partial charge in [0.2, 0.25) is 0 Å². The van der Waals surface area contributed by atoms with Crippen LogP contribution in [0.25, 0.3) is 0 Å². The lowest BCUT2D eigenvalue weighted by atomic mass is 9.43. The van der Waals surface area contributed by atoms with Gasteiger partial charge in [-0.1, -0.05) is 26.7 Å². The summed E-state index contributed by atoms with van der Waals surface area (Å²) in [6, 6.07) is 0.843. The monoisotopic (exact) mass is 261 g/mol. The van der Waals surface area contributed by atoms with Crippen LogP contribution in [-0.2, 0) is 0 Å². The normalized spacial score (nSPS) is 49.6. The summed E-state index contributed by atoms with van der Waals surface area (Å²) in [6.45, 7) is 6.09. The second-order valence-corrected chi connectivity index (χ2v) is 8.92. The van der Waals surface area contributed by atoms with Crippen LogP contribution in [0.15, 0.2) is 0 Å². The van der Waals surface area contributed by atoms with E-state index in [1.807, 2.05) is 0 Å². The summed E-state index contributed by atoms with van der Waals surface area (Å²) in [4.78, 5) is 0. The van der Waals surface area contributed by atoms with E-state index >= 15 is 0 Å². The Bertz CT molecular complexity index is 343. The number of nitrogens with one attached hydrogen (secondary N) is 1. The molecule has 0 radical (unpaired) electrons. The second-order valence-electron chi connectivity index (χ2n) is 8.92. The maximum Gasteiger partial charge on any atom is 0.0126 e. The van der Waals surface area contributed by atoms with Crippen LogP contribution < -0.4 is 5.32 Å². The van der Waals surface area contributed by atoms with E-state index in [-0.39, 0.29) is 0 Å². The first kappa shape index (κ1) is 12.7. The van der Waals surface area contributed by atoms with Crippen LogP contribution in [0.2, 0.25) is 0 Å². The van der Waals surface area contributed by atoms with Crippen LogP contribution in [0.3, 0.4) is 0 Å². The molecule has 0 aromatic rings. The average molecular weight is 261 g/mol. The largest absolute Gasteiger partial charge is 0.314 e. The lowest BCUT2D eigenvalue weighted by molar-refractivity contribution is -0.119. The summed E-state index contributed by atoms with van der Waals surface area (Å²) in [5.41, 5.74) is 1.40. The minimum atomic E-state index is 0.692. The molecule has 5 fully saturated rings. The minimum Gasteiger partial charge on any atom is -0.314 e. The third kappa shape index (κ3) is 2.17. The van der Waals surface area contributed by atoms with E-state index in [2.05, 4.69) is 19.2 Å². The van der Waals surface area contributed by atoms with E-state index in [0.717, 1.165) is 23.8 Å². The Morgan fingerprint density at radius 3 is 2.32 bits per heavy atom. The number of hydrogen-bond acceptors (Lipinski definition) is 1. The van der Waals surface area contributed by atoms with Crippen molar-refractivity contribution in [1.29, 1.82) is 0 Å². The number of hydrogen-bond donors (Lipinski definition) is 1. The summed E-state index contributed by atoms with van der Waals surface area (Å²) in [5.74, 6) is 3.23. The van der Waals surface area contributed by atoms with Crippen molar-refractivity contribution >= 4 is 0 Å². The standard InChI is InChI=1S/C18H31N/c1-3-19-16(7-13-4-5-13)18-10-14-6-15(11-18)9-17(2,8-14)12-18/h13-16,19H,3-12H2,1-2H3. The van der Waals surface area contributed by atoms with Crippen LogP contribution in [0, 0.1) is 28.6 Å². The molecule has 0 saturated heterocycles. The molecule has 0 aromatic carbocycles. The van der Waals surface area contributed by atoms with Crippen molar-refractivity contribution in [3.8, 4) is 0 Å². The van der Waals surface area contributed by atoms with Crippen molar-refractivity contribution < 1.29 is 0 Å². The molecule has 0 aromatic heterocycles. The van der Waals surface area contributed by atoms with Gasteiger partial charge in [0.1, 0.15) is 0 Å². The third-order valence-corrected chi connectivity index (χ3v) is 6.85. The van der Waals surface area contributed by atoms with Crippen molar-refractivity contribution in [2.45, 2.75) is 77.7 Å². The topological polar surface area (TPSA) is 12.0 Å². The van der Waals surface area contributed by atoms with Gasteiger partial charge in [0.15, 0.2) is 0 Å². The van der Waals surface area contributed by atoms with E-state index in [0.29, 0.717) is 10.8 Å². The van der Waals surface area contributed by atoms with E-state index in [1.54, 1.807) is 32.1 Å². The average Bonchev–Trinajstić information content (AvgIpc) is 3.09. The Morgan fingerprint density at radius 2 is 1.79 bits per heavy atom. The Labute approximate surface area is 118 Å². The molecule has 5 rings (SSSR count). The molecular formula is C18H31N. The predicted octanol–water partition coefficient (Wildman–Crippen LogP) is 4.37. The van der Waals surface area contributed by atoms with E-state index in [9.17, 15) is 0 Å². The lowest BCUT2D eigenvalue weighted by Gasteiger charge is -2.63. The Balaban J connectivity index is 1.59. The number of rotatable bonds is 5. The van der Waals surface area contributed by atoms with Crippen molar-refractivity contribution in [2.75, 3.05) is 6.54 Å². The molecule has 3 unspecified atom stereocenters. The van der Waals surface area contributed by atoms with E-state index < -0.39 is 0 Å². The molecule has 5 saturated carbocycles. The van der Waals surface area contributed by atoms with Crippen LogP contribution in [-0.4, -0.2) is 12.6 Å². The van der Waals surface area contributed by atoms with Gasteiger partial charge in [-0.15, -0.1) is 0 Å². The second kappa shape index (κ2) is 4.23. The maximum atomic E-state index is 3.93. The van der Waals surface area contributed by atoms with E-state index in [1.165, 1.54) is 32.2 Å². The molecular weight excluding hydrogens is 230 g/mol. The fourth-order valence-corrected chi connectivity index (χ4v) is 6.69. The van der Waals surface area contributed by atoms with Gasteiger partial charge < -0.3 is 5.32 Å². The maximum absolute atomic E-state index is 3.93. The molecule has 0 spiro atoms. The Morgan fingerprint density at radius 1 is 1.11 bits per heavy atom.